The first kappa shape index (κ1) is 16.5. The topological polar surface area (TPSA) is 49.4 Å². The number of likely N-dealkylation sites (tertiary alicyclic amines) is 1. The molecule has 22 heavy (non-hydrogen) atoms. The van der Waals surface area contributed by atoms with E-state index in [1.165, 1.54) is 12.1 Å². The molecule has 120 valence electrons. The van der Waals surface area contributed by atoms with Crippen molar-refractivity contribution in [2.24, 2.45) is 11.8 Å². The lowest BCUT2D eigenvalue weighted by Crippen LogP contribution is -2.31. The number of nitrogens with zero attached hydrogens (tertiary/aromatic N) is 1. The Morgan fingerprint density at radius 3 is 2.68 bits per heavy atom. The lowest BCUT2D eigenvalue weighted by atomic mass is 10.1. The number of halogens is 1. The van der Waals surface area contributed by atoms with Crippen molar-refractivity contribution in [2.45, 2.75) is 33.2 Å². The summed E-state index contributed by atoms with van der Waals surface area (Å²) in [6, 6.07) is 6.19. The number of rotatable bonds is 6. The van der Waals surface area contributed by atoms with Crippen LogP contribution >= 0.6 is 0 Å². The van der Waals surface area contributed by atoms with Gasteiger partial charge in [-0.25, -0.2) is 4.39 Å². The van der Waals surface area contributed by atoms with Crippen molar-refractivity contribution in [3.63, 3.8) is 0 Å². The second-order valence-corrected chi connectivity index (χ2v) is 6.37. The maximum atomic E-state index is 12.9. The van der Waals surface area contributed by atoms with Crippen LogP contribution in [-0.2, 0) is 16.1 Å². The highest BCUT2D eigenvalue weighted by Gasteiger charge is 2.29. The van der Waals surface area contributed by atoms with Gasteiger partial charge in [0.1, 0.15) is 5.82 Å². The number of hydrogen-bond donors (Lipinski definition) is 1. The molecule has 1 aliphatic heterocycles. The molecule has 5 heteroatoms. The Labute approximate surface area is 130 Å². The highest BCUT2D eigenvalue weighted by molar-refractivity contribution is 5.79. The SMILES string of the molecule is CC(C)CC(=O)NCC1CC(=O)N(Cc2ccc(F)cc2)C1. The third kappa shape index (κ3) is 4.83. The van der Waals surface area contributed by atoms with Gasteiger partial charge in [0.2, 0.25) is 11.8 Å². The molecule has 1 aliphatic rings. The summed E-state index contributed by atoms with van der Waals surface area (Å²) in [5.41, 5.74) is 0.916. The first-order valence-corrected chi connectivity index (χ1v) is 7.73. The average Bonchev–Trinajstić information content (AvgIpc) is 2.79. The van der Waals surface area contributed by atoms with Gasteiger partial charge in [0.05, 0.1) is 0 Å². The minimum Gasteiger partial charge on any atom is -0.356 e. The Hall–Kier alpha value is -1.91. The van der Waals surface area contributed by atoms with E-state index in [1.54, 1.807) is 17.0 Å². The fourth-order valence-corrected chi connectivity index (χ4v) is 2.65. The summed E-state index contributed by atoms with van der Waals surface area (Å²) in [6.07, 6.45) is 0.975. The Bertz CT molecular complexity index is 528. The van der Waals surface area contributed by atoms with Gasteiger partial charge in [-0.05, 0) is 23.6 Å². The monoisotopic (exact) mass is 306 g/mol. The summed E-state index contributed by atoms with van der Waals surface area (Å²) in [4.78, 5) is 25.4. The van der Waals surface area contributed by atoms with Crippen LogP contribution in [0.1, 0.15) is 32.3 Å². The molecule has 1 aromatic carbocycles. The molecular formula is C17H23FN2O2. The molecule has 1 aromatic rings. The number of nitrogens with one attached hydrogen (secondary N) is 1. The largest absolute Gasteiger partial charge is 0.356 e. The summed E-state index contributed by atoms with van der Waals surface area (Å²) in [6.45, 7) is 5.68. The zero-order valence-electron chi connectivity index (χ0n) is 13.1. The summed E-state index contributed by atoms with van der Waals surface area (Å²) in [5.74, 6) is 0.346. The van der Waals surface area contributed by atoms with Crippen molar-refractivity contribution < 1.29 is 14.0 Å². The highest BCUT2D eigenvalue weighted by atomic mass is 19.1. The second kappa shape index (κ2) is 7.38. The standard InChI is InChI=1S/C17H23FN2O2/c1-12(2)7-16(21)19-9-14-8-17(22)20(11-14)10-13-3-5-15(18)6-4-13/h3-6,12,14H,7-11H2,1-2H3,(H,19,21). The number of amides is 2. The van der Waals surface area contributed by atoms with Crippen LogP contribution in [0, 0.1) is 17.7 Å². The third-order valence-electron chi connectivity index (χ3n) is 3.76. The number of hydrogen-bond acceptors (Lipinski definition) is 2. The number of carbonyl (C=O) groups is 2. The van der Waals surface area contributed by atoms with E-state index in [9.17, 15) is 14.0 Å². The molecule has 4 nitrogen and oxygen atoms in total. The summed E-state index contributed by atoms with van der Waals surface area (Å²) in [7, 11) is 0. The molecule has 2 amide bonds. The summed E-state index contributed by atoms with van der Waals surface area (Å²) in [5, 5.41) is 2.90. The van der Waals surface area contributed by atoms with Crippen molar-refractivity contribution >= 4 is 11.8 Å². The maximum absolute atomic E-state index is 12.9. The zero-order valence-corrected chi connectivity index (χ0v) is 13.1. The second-order valence-electron chi connectivity index (χ2n) is 6.37. The van der Waals surface area contributed by atoms with E-state index in [1.807, 2.05) is 13.8 Å². The summed E-state index contributed by atoms with van der Waals surface area (Å²) < 4.78 is 12.9. The molecule has 1 N–H and O–H groups in total. The van der Waals surface area contributed by atoms with Crippen LogP contribution in [0.25, 0.3) is 0 Å². The minimum absolute atomic E-state index is 0.0411. The van der Waals surface area contributed by atoms with Gasteiger partial charge in [0, 0.05) is 38.4 Å². The molecule has 0 bridgehead atoms. The number of carbonyl (C=O) groups excluding carboxylic acids is 2. The van der Waals surface area contributed by atoms with Crippen molar-refractivity contribution in [1.82, 2.24) is 10.2 Å². The van der Waals surface area contributed by atoms with E-state index in [-0.39, 0.29) is 23.5 Å². The van der Waals surface area contributed by atoms with Gasteiger partial charge in [-0.15, -0.1) is 0 Å². The van der Waals surface area contributed by atoms with Crippen LogP contribution in [-0.4, -0.2) is 29.8 Å². The van der Waals surface area contributed by atoms with Crippen LogP contribution in [0.3, 0.4) is 0 Å². The molecule has 0 saturated carbocycles. The fraction of sp³-hybridized carbons (Fsp3) is 0.529. The molecule has 0 aliphatic carbocycles. The maximum Gasteiger partial charge on any atom is 0.223 e. The quantitative estimate of drug-likeness (QED) is 0.877. The van der Waals surface area contributed by atoms with Gasteiger partial charge < -0.3 is 10.2 Å². The van der Waals surface area contributed by atoms with Gasteiger partial charge in [0.25, 0.3) is 0 Å². The van der Waals surface area contributed by atoms with Gasteiger partial charge in [0.15, 0.2) is 0 Å². The molecular weight excluding hydrogens is 283 g/mol. The van der Waals surface area contributed by atoms with Crippen molar-refractivity contribution in [3.8, 4) is 0 Å². The van der Waals surface area contributed by atoms with Crippen molar-refractivity contribution in [1.29, 1.82) is 0 Å². The molecule has 0 radical (unpaired) electrons. The van der Waals surface area contributed by atoms with Crippen LogP contribution < -0.4 is 5.32 Å². The fourth-order valence-electron chi connectivity index (χ4n) is 2.65. The van der Waals surface area contributed by atoms with Crippen LogP contribution in [0.4, 0.5) is 4.39 Å². The van der Waals surface area contributed by atoms with Crippen LogP contribution in [0.2, 0.25) is 0 Å². The molecule has 1 fully saturated rings. The molecule has 2 rings (SSSR count). The Morgan fingerprint density at radius 2 is 2.05 bits per heavy atom. The number of benzene rings is 1. The molecule has 1 saturated heterocycles. The summed E-state index contributed by atoms with van der Waals surface area (Å²) >= 11 is 0. The van der Waals surface area contributed by atoms with E-state index >= 15 is 0 Å². The van der Waals surface area contributed by atoms with E-state index in [2.05, 4.69) is 5.32 Å². The van der Waals surface area contributed by atoms with Gasteiger partial charge >= 0.3 is 0 Å². The Kier molecular flexibility index (Phi) is 5.52. The van der Waals surface area contributed by atoms with Gasteiger partial charge in [-0.3, -0.25) is 9.59 Å². The van der Waals surface area contributed by atoms with E-state index < -0.39 is 0 Å². The van der Waals surface area contributed by atoms with Crippen molar-refractivity contribution in [3.05, 3.63) is 35.6 Å². The first-order chi connectivity index (χ1) is 10.4. The predicted octanol–water partition coefficient (Wildman–Crippen LogP) is 2.34. The smallest absolute Gasteiger partial charge is 0.223 e. The molecule has 1 unspecified atom stereocenters. The average molecular weight is 306 g/mol. The van der Waals surface area contributed by atoms with E-state index in [4.69, 9.17) is 0 Å². The third-order valence-corrected chi connectivity index (χ3v) is 3.76. The molecule has 1 heterocycles. The molecule has 0 aromatic heterocycles. The predicted molar refractivity (Wildman–Crippen MR) is 82.4 cm³/mol. The Balaban J connectivity index is 1.80. The van der Waals surface area contributed by atoms with Crippen LogP contribution in [0.15, 0.2) is 24.3 Å². The minimum atomic E-state index is -0.276. The van der Waals surface area contributed by atoms with Crippen molar-refractivity contribution in [2.75, 3.05) is 13.1 Å². The van der Waals surface area contributed by atoms with Gasteiger partial charge in [-0.2, -0.15) is 0 Å². The Morgan fingerprint density at radius 1 is 1.36 bits per heavy atom. The molecule has 1 atom stereocenters. The molecule has 0 spiro atoms. The first-order valence-electron chi connectivity index (χ1n) is 7.73. The van der Waals surface area contributed by atoms with Crippen LogP contribution in [0.5, 0.6) is 0 Å². The highest BCUT2D eigenvalue weighted by Crippen LogP contribution is 2.20. The van der Waals surface area contributed by atoms with E-state index in [0.29, 0.717) is 38.4 Å². The van der Waals surface area contributed by atoms with Gasteiger partial charge in [-0.1, -0.05) is 26.0 Å². The lowest BCUT2D eigenvalue weighted by molar-refractivity contribution is -0.128. The normalized spacial score (nSPS) is 18.1. The lowest BCUT2D eigenvalue weighted by Gasteiger charge is -2.17. The zero-order chi connectivity index (χ0) is 16.1. The van der Waals surface area contributed by atoms with E-state index in [0.717, 1.165) is 5.56 Å².